The number of carbonyl (C=O) groups is 4. The Morgan fingerprint density at radius 1 is 0.962 bits per heavy atom. The molecule has 0 N–H and O–H groups in total. The first-order valence-corrected chi connectivity index (χ1v) is 8.69. The topological polar surface area (TPSA) is 87.2 Å². The Morgan fingerprint density at radius 2 is 1.58 bits per heavy atom. The molecule has 4 amide bonds. The lowest BCUT2D eigenvalue weighted by atomic mass is 10.0. The monoisotopic (exact) mass is 357 g/mol. The van der Waals surface area contributed by atoms with Crippen LogP contribution in [0.5, 0.6) is 0 Å². The number of piperidine rings is 1. The fraction of sp³-hybridized carbons (Fsp3) is 0.444. The molecule has 8 heteroatoms. The van der Waals surface area contributed by atoms with Crippen molar-refractivity contribution < 1.29 is 23.9 Å². The van der Waals surface area contributed by atoms with Crippen LogP contribution in [0.3, 0.4) is 0 Å². The minimum absolute atomic E-state index is 0.133. The molecule has 0 spiro atoms. The highest BCUT2D eigenvalue weighted by molar-refractivity contribution is 6.23. The van der Waals surface area contributed by atoms with Gasteiger partial charge in [-0.1, -0.05) is 12.1 Å². The highest BCUT2D eigenvalue weighted by atomic mass is 16.5. The van der Waals surface area contributed by atoms with Crippen LogP contribution in [-0.4, -0.2) is 77.3 Å². The van der Waals surface area contributed by atoms with Crippen LogP contribution in [0.4, 0.5) is 0 Å². The number of amides is 4. The number of imide groups is 2. The molecule has 0 aliphatic carbocycles. The Kier molecular flexibility index (Phi) is 4.29. The molecule has 1 aromatic rings. The Bertz CT molecular complexity index is 752. The molecular weight excluding hydrogens is 338 g/mol. The van der Waals surface area contributed by atoms with Crippen LogP contribution in [0.25, 0.3) is 0 Å². The van der Waals surface area contributed by atoms with E-state index in [-0.39, 0.29) is 25.4 Å². The van der Waals surface area contributed by atoms with Crippen LogP contribution in [0.1, 0.15) is 33.6 Å². The van der Waals surface area contributed by atoms with Crippen molar-refractivity contribution in [2.75, 3.05) is 33.0 Å². The first-order chi connectivity index (χ1) is 12.6. The third-order valence-corrected chi connectivity index (χ3v) is 5.07. The normalized spacial score (nSPS) is 24.4. The van der Waals surface area contributed by atoms with Crippen molar-refractivity contribution in [2.24, 2.45) is 0 Å². The van der Waals surface area contributed by atoms with Crippen molar-refractivity contribution in [1.82, 2.24) is 14.7 Å². The molecule has 1 atom stereocenters. The molecule has 136 valence electrons. The zero-order chi connectivity index (χ0) is 18.3. The van der Waals surface area contributed by atoms with E-state index in [1.165, 1.54) is 4.90 Å². The number of carbonyl (C=O) groups excluding carboxylic acids is 4. The summed E-state index contributed by atoms with van der Waals surface area (Å²) in [5.41, 5.74) is 0.615. The van der Waals surface area contributed by atoms with Crippen LogP contribution in [0.15, 0.2) is 24.3 Å². The fourth-order valence-corrected chi connectivity index (χ4v) is 3.64. The van der Waals surface area contributed by atoms with E-state index in [0.717, 1.165) is 4.90 Å². The number of nitrogens with zero attached hydrogens (tertiary/aromatic N) is 3. The highest BCUT2D eigenvalue weighted by Crippen LogP contribution is 2.29. The summed E-state index contributed by atoms with van der Waals surface area (Å²) < 4.78 is 5.28. The molecule has 1 unspecified atom stereocenters. The van der Waals surface area contributed by atoms with Crippen LogP contribution >= 0.6 is 0 Å². The maximum atomic E-state index is 12.9. The number of hydrogen-bond donors (Lipinski definition) is 0. The second kappa shape index (κ2) is 6.62. The third-order valence-electron chi connectivity index (χ3n) is 5.07. The number of hydrogen-bond acceptors (Lipinski definition) is 6. The Labute approximate surface area is 150 Å². The van der Waals surface area contributed by atoms with Gasteiger partial charge in [0.15, 0.2) is 0 Å². The molecule has 8 nitrogen and oxygen atoms in total. The van der Waals surface area contributed by atoms with Gasteiger partial charge in [0.1, 0.15) is 6.04 Å². The Morgan fingerprint density at radius 3 is 2.19 bits per heavy atom. The smallest absolute Gasteiger partial charge is 0.262 e. The van der Waals surface area contributed by atoms with E-state index >= 15 is 0 Å². The van der Waals surface area contributed by atoms with Crippen molar-refractivity contribution in [1.29, 1.82) is 0 Å². The van der Waals surface area contributed by atoms with E-state index in [9.17, 15) is 19.2 Å². The van der Waals surface area contributed by atoms with Crippen molar-refractivity contribution in [3.8, 4) is 0 Å². The van der Waals surface area contributed by atoms with Gasteiger partial charge in [-0.3, -0.25) is 33.9 Å². The van der Waals surface area contributed by atoms with Gasteiger partial charge in [-0.25, -0.2) is 0 Å². The van der Waals surface area contributed by atoms with Crippen LogP contribution in [-0.2, 0) is 14.3 Å². The van der Waals surface area contributed by atoms with Gasteiger partial charge in [0.25, 0.3) is 17.7 Å². The van der Waals surface area contributed by atoms with E-state index in [4.69, 9.17) is 4.74 Å². The second-order valence-corrected chi connectivity index (χ2v) is 6.61. The summed E-state index contributed by atoms with van der Waals surface area (Å²) in [4.78, 5) is 54.7. The molecule has 3 aliphatic rings. The lowest BCUT2D eigenvalue weighted by molar-refractivity contribution is -0.155. The van der Waals surface area contributed by atoms with Gasteiger partial charge in [-0.15, -0.1) is 0 Å². The summed E-state index contributed by atoms with van der Waals surface area (Å²) >= 11 is 0. The van der Waals surface area contributed by atoms with Gasteiger partial charge in [0, 0.05) is 19.5 Å². The zero-order valence-corrected chi connectivity index (χ0v) is 14.2. The number of morpholine rings is 1. The molecule has 26 heavy (non-hydrogen) atoms. The Balaban J connectivity index is 1.56. The molecule has 3 aliphatic heterocycles. The summed E-state index contributed by atoms with van der Waals surface area (Å²) in [5, 5.41) is 0. The van der Waals surface area contributed by atoms with Gasteiger partial charge < -0.3 is 4.74 Å². The quantitative estimate of drug-likeness (QED) is 0.713. The number of fused-ring (bicyclic) bond motifs is 1. The molecule has 0 aromatic heterocycles. The van der Waals surface area contributed by atoms with Gasteiger partial charge >= 0.3 is 0 Å². The predicted octanol–water partition coefficient (Wildman–Crippen LogP) is 0.0899. The molecule has 4 rings (SSSR count). The first-order valence-electron chi connectivity index (χ1n) is 8.69. The van der Waals surface area contributed by atoms with Crippen LogP contribution < -0.4 is 0 Å². The van der Waals surface area contributed by atoms with Gasteiger partial charge in [0.2, 0.25) is 5.91 Å². The van der Waals surface area contributed by atoms with E-state index in [1.54, 1.807) is 24.3 Å². The van der Waals surface area contributed by atoms with Crippen molar-refractivity contribution in [2.45, 2.75) is 18.9 Å². The molecule has 2 fully saturated rings. The molecule has 0 radical (unpaired) electrons. The summed E-state index contributed by atoms with van der Waals surface area (Å²) in [6.07, 6.45) is 0.302. The molecular formula is C18H19N3O5. The number of ether oxygens (including phenoxy) is 1. The maximum absolute atomic E-state index is 12.9. The summed E-state index contributed by atoms with van der Waals surface area (Å²) in [6, 6.07) is 5.61. The van der Waals surface area contributed by atoms with E-state index in [0.29, 0.717) is 37.4 Å². The molecule has 0 bridgehead atoms. The molecule has 0 saturated carbocycles. The van der Waals surface area contributed by atoms with Crippen LogP contribution in [0.2, 0.25) is 0 Å². The van der Waals surface area contributed by atoms with Gasteiger partial charge in [-0.05, 0) is 18.6 Å². The minimum Gasteiger partial charge on any atom is -0.379 e. The molecule has 1 aromatic carbocycles. The van der Waals surface area contributed by atoms with E-state index in [2.05, 4.69) is 0 Å². The van der Waals surface area contributed by atoms with Crippen molar-refractivity contribution >= 4 is 23.6 Å². The summed E-state index contributed by atoms with van der Waals surface area (Å²) in [7, 11) is 0. The highest BCUT2D eigenvalue weighted by Gasteiger charge is 2.47. The number of benzene rings is 1. The van der Waals surface area contributed by atoms with E-state index in [1.807, 2.05) is 4.90 Å². The average Bonchev–Trinajstić information content (AvgIpc) is 2.91. The molecule has 3 heterocycles. The SMILES string of the molecule is O=C1CCC(N2C(=O)c3ccccc3C2=O)C(=O)N1CN1CCOCC1. The summed E-state index contributed by atoms with van der Waals surface area (Å²) in [5.74, 6) is -1.69. The predicted molar refractivity (Wildman–Crippen MR) is 89.1 cm³/mol. The van der Waals surface area contributed by atoms with Crippen LogP contribution in [0, 0.1) is 0 Å². The standard InChI is InChI=1S/C18H19N3O5/c22-15-6-5-14(18(25)20(15)11-19-7-9-26-10-8-19)21-16(23)12-3-1-2-4-13(12)17(21)24/h1-4,14H,5-11H2. The third kappa shape index (κ3) is 2.71. The van der Waals surface area contributed by atoms with Gasteiger partial charge in [0.05, 0.1) is 31.0 Å². The largest absolute Gasteiger partial charge is 0.379 e. The lowest BCUT2D eigenvalue weighted by Gasteiger charge is -2.38. The zero-order valence-electron chi connectivity index (χ0n) is 14.2. The second-order valence-electron chi connectivity index (χ2n) is 6.61. The maximum Gasteiger partial charge on any atom is 0.262 e. The van der Waals surface area contributed by atoms with E-state index < -0.39 is 23.8 Å². The number of rotatable bonds is 3. The van der Waals surface area contributed by atoms with Crippen molar-refractivity contribution in [3.63, 3.8) is 0 Å². The van der Waals surface area contributed by atoms with Crippen molar-refractivity contribution in [3.05, 3.63) is 35.4 Å². The fourth-order valence-electron chi connectivity index (χ4n) is 3.64. The van der Waals surface area contributed by atoms with Gasteiger partial charge in [-0.2, -0.15) is 0 Å². The minimum atomic E-state index is -0.929. The average molecular weight is 357 g/mol. The summed E-state index contributed by atoms with van der Waals surface area (Å²) in [6.45, 7) is 2.54. The lowest BCUT2D eigenvalue weighted by Crippen LogP contribution is -2.58. The molecule has 2 saturated heterocycles. The number of likely N-dealkylation sites (tertiary alicyclic amines) is 1. The Hall–Kier alpha value is -2.58. The first kappa shape index (κ1) is 16.9.